The lowest BCUT2D eigenvalue weighted by atomic mass is 9.85. The molecule has 0 aromatic heterocycles. The number of nitrogens with one attached hydrogen (secondary N) is 1. The fraction of sp³-hybridized carbons (Fsp3) is 0.235. The Hall–Kier alpha value is -1.61. The summed E-state index contributed by atoms with van der Waals surface area (Å²) in [5.74, 6) is 0.0273. The Balaban J connectivity index is 2.07. The van der Waals surface area contributed by atoms with Gasteiger partial charge in [0.2, 0.25) is 5.91 Å². The Morgan fingerprint density at radius 2 is 1.80 bits per heavy atom. The Kier molecular flexibility index (Phi) is 4.61. The summed E-state index contributed by atoms with van der Waals surface area (Å²) in [6.45, 7) is 3.93. The van der Waals surface area contributed by atoms with Crippen LogP contribution in [0.4, 0.5) is 5.69 Å². The van der Waals surface area contributed by atoms with Crippen LogP contribution in [-0.4, -0.2) is 5.91 Å². The number of rotatable bonds is 4. The molecule has 0 aliphatic heterocycles. The molecule has 0 aliphatic carbocycles. The maximum Gasteiger partial charge on any atom is 0.230 e. The van der Waals surface area contributed by atoms with E-state index in [0.29, 0.717) is 6.42 Å². The van der Waals surface area contributed by atoms with Gasteiger partial charge in [-0.2, -0.15) is 0 Å². The van der Waals surface area contributed by atoms with Crippen LogP contribution in [0.1, 0.15) is 19.4 Å². The van der Waals surface area contributed by atoms with Gasteiger partial charge in [0.1, 0.15) is 0 Å². The summed E-state index contributed by atoms with van der Waals surface area (Å²) in [6, 6.07) is 17.7. The highest BCUT2D eigenvalue weighted by Gasteiger charge is 2.27. The predicted molar refractivity (Wildman–Crippen MR) is 86.7 cm³/mol. The van der Waals surface area contributed by atoms with Crippen molar-refractivity contribution >= 4 is 27.5 Å². The van der Waals surface area contributed by atoms with E-state index >= 15 is 0 Å². The number of carbonyl (C=O) groups excluding carboxylic acids is 1. The molecule has 104 valence electrons. The van der Waals surface area contributed by atoms with Gasteiger partial charge in [-0.25, -0.2) is 0 Å². The molecule has 0 aliphatic rings. The topological polar surface area (TPSA) is 29.1 Å². The van der Waals surface area contributed by atoms with Gasteiger partial charge < -0.3 is 5.32 Å². The fourth-order valence-corrected chi connectivity index (χ4v) is 2.45. The van der Waals surface area contributed by atoms with Crippen molar-refractivity contribution in [2.45, 2.75) is 20.3 Å². The summed E-state index contributed by atoms with van der Waals surface area (Å²) >= 11 is 3.41. The van der Waals surface area contributed by atoms with E-state index in [2.05, 4.69) is 21.2 Å². The summed E-state index contributed by atoms with van der Waals surface area (Å²) < 4.78 is 0.955. The van der Waals surface area contributed by atoms with E-state index < -0.39 is 5.41 Å². The highest BCUT2D eigenvalue weighted by Crippen LogP contribution is 2.25. The van der Waals surface area contributed by atoms with Gasteiger partial charge in [-0.05, 0) is 30.2 Å². The zero-order chi connectivity index (χ0) is 14.6. The van der Waals surface area contributed by atoms with Crippen molar-refractivity contribution < 1.29 is 4.79 Å². The number of anilines is 1. The van der Waals surface area contributed by atoms with Crippen LogP contribution in [0.3, 0.4) is 0 Å². The van der Waals surface area contributed by atoms with Gasteiger partial charge in [0.05, 0.1) is 0 Å². The Labute approximate surface area is 128 Å². The molecule has 0 heterocycles. The molecule has 2 nitrogen and oxygen atoms in total. The van der Waals surface area contributed by atoms with Gasteiger partial charge >= 0.3 is 0 Å². The van der Waals surface area contributed by atoms with Crippen molar-refractivity contribution in [1.82, 2.24) is 0 Å². The molecule has 0 saturated carbocycles. The minimum absolute atomic E-state index is 0.0273. The number of carbonyl (C=O) groups is 1. The Bertz CT molecular complexity index is 593. The molecule has 0 radical (unpaired) electrons. The number of hydrogen-bond acceptors (Lipinski definition) is 1. The second kappa shape index (κ2) is 6.23. The molecule has 20 heavy (non-hydrogen) atoms. The molecule has 1 N–H and O–H groups in total. The fourth-order valence-electron chi connectivity index (χ4n) is 2.05. The first-order valence-corrected chi connectivity index (χ1v) is 7.38. The minimum Gasteiger partial charge on any atom is -0.326 e. The molecule has 0 atom stereocenters. The van der Waals surface area contributed by atoms with Crippen LogP contribution in [0.25, 0.3) is 0 Å². The first-order chi connectivity index (χ1) is 9.47. The standard InChI is InChI=1S/C17H18BrNO/c1-17(2,12-13-7-4-3-5-8-13)16(20)19-15-10-6-9-14(18)11-15/h3-11H,12H2,1-2H3,(H,19,20). The molecule has 2 aromatic rings. The first-order valence-electron chi connectivity index (χ1n) is 6.58. The largest absolute Gasteiger partial charge is 0.326 e. The normalized spacial score (nSPS) is 11.2. The smallest absolute Gasteiger partial charge is 0.230 e. The van der Waals surface area contributed by atoms with Crippen LogP contribution in [-0.2, 0) is 11.2 Å². The van der Waals surface area contributed by atoms with Crippen molar-refractivity contribution in [2.75, 3.05) is 5.32 Å². The Morgan fingerprint density at radius 1 is 1.10 bits per heavy atom. The van der Waals surface area contributed by atoms with Gasteiger partial charge in [0.25, 0.3) is 0 Å². The molecule has 3 heteroatoms. The number of amides is 1. The molecule has 0 saturated heterocycles. The van der Waals surface area contributed by atoms with Crippen LogP contribution < -0.4 is 5.32 Å². The number of benzene rings is 2. The zero-order valence-electron chi connectivity index (χ0n) is 11.7. The van der Waals surface area contributed by atoms with Gasteiger partial charge in [-0.15, -0.1) is 0 Å². The average Bonchev–Trinajstić information content (AvgIpc) is 2.39. The van der Waals surface area contributed by atoms with Crippen LogP contribution in [0, 0.1) is 5.41 Å². The van der Waals surface area contributed by atoms with Crippen LogP contribution in [0.15, 0.2) is 59.1 Å². The third-order valence-corrected chi connectivity index (χ3v) is 3.68. The highest BCUT2D eigenvalue weighted by molar-refractivity contribution is 9.10. The van der Waals surface area contributed by atoms with E-state index in [9.17, 15) is 4.79 Å². The molecule has 2 rings (SSSR count). The summed E-state index contributed by atoms with van der Waals surface area (Å²) in [5.41, 5.74) is 1.52. The third kappa shape index (κ3) is 3.94. The van der Waals surface area contributed by atoms with Crippen molar-refractivity contribution in [3.05, 3.63) is 64.6 Å². The van der Waals surface area contributed by atoms with E-state index in [1.54, 1.807) is 0 Å². The average molecular weight is 332 g/mol. The zero-order valence-corrected chi connectivity index (χ0v) is 13.3. The quantitative estimate of drug-likeness (QED) is 0.867. The molecule has 0 bridgehead atoms. The molecular formula is C17H18BrNO. The summed E-state index contributed by atoms with van der Waals surface area (Å²) in [7, 11) is 0. The first kappa shape index (κ1) is 14.8. The summed E-state index contributed by atoms with van der Waals surface area (Å²) in [5, 5.41) is 2.97. The minimum atomic E-state index is -0.455. The lowest BCUT2D eigenvalue weighted by molar-refractivity contribution is -0.123. The predicted octanol–water partition coefficient (Wildman–Crippen LogP) is 4.66. The number of halogens is 1. The van der Waals surface area contributed by atoms with E-state index in [-0.39, 0.29) is 5.91 Å². The lowest BCUT2D eigenvalue weighted by Gasteiger charge is -2.23. The van der Waals surface area contributed by atoms with Crippen molar-refractivity contribution in [3.63, 3.8) is 0 Å². The molecule has 0 spiro atoms. The summed E-state index contributed by atoms with van der Waals surface area (Å²) in [4.78, 5) is 12.4. The maximum absolute atomic E-state index is 12.4. The van der Waals surface area contributed by atoms with Gasteiger partial charge in [0, 0.05) is 15.6 Å². The van der Waals surface area contributed by atoms with E-state index in [1.165, 1.54) is 5.56 Å². The SMILES string of the molecule is CC(C)(Cc1ccccc1)C(=O)Nc1cccc(Br)c1. The van der Waals surface area contributed by atoms with Crippen molar-refractivity contribution in [1.29, 1.82) is 0 Å². The lowest BCUT2D eigenvalue weighted by Crippen LogP contribution is -2.32. The Morgan fingerprint density at radius 3 is 2.45 bits per heavy atom. The molecular weight excluding hydrogens is 314 g/mol. The van der Waals surface area contributed by atoms with Crippen molar-refractivity contribution in [2.24, 2.45) is 5.41 Å². The van der Waals surface area contributed by atoms with Crippen LogP contribution >= 0.6 is 15.9 Å². The second-order valence-corrected chi connectivity index (χ2v) is 6.43. The van der Waals surface area contributed by atoms with Crippen LogP contribution in [0.5, 0.6) is 0 Å². The molecule has 0 unspecified atom stereocenters. The van der Waals surface area contributed by atoms with Crippen LogP contribution in [0.2, 0.25) is 0 Å². The maximum atomic E-state index is 12.4. The van der Waals surface area contributed by atoms with E-state index in [1.807, 2.05) is 68.4 Å². The molecule has 1 amide bonds. The van der Waals surface area contributed by atoms with Gasteiger partial charge in [0.15, 0.2) is 0 Å². The van der Waals surface area contributed by atoms with Crippen molar-refractivity contribution in [3.8, 4) is 0 Å². The third-order valence-electron chi connectivity index (χ3n) is 3.19. The monoisotopic (exact) mass is 331 g/mol. The highest BCUT2D eigenvalue weighted by atomic mass is 79.9. The summed E-state index contributed by atoms with van der Waals surface area (Å²) in [6.07, 6.45) is 0.716. The molecule has 0 fully saturated rings. The number of hydrogen-bond donors (Lipinski definition) is 1. The second-order valence-electron chi connectivity index (χ2n) is 5.51. The van der Waals surface area contributed by atoms with Gasteiger partial charge in [-0.3, -0.25) is 4.79 Å². The van der Waals surface area contributed by atoms with E-state index in [0.717, 1.165) is 10.2 Å². The van der Waals surface area contributed by atoms with E-state index in [4.69, 9.17) is 0 Å². The van der Waals surface area contributed by atoms with Gasteiger partial charge in [-0.1, -0.05) is 66.2 Å². The molecule has 2 aromatic carbocycles.